The molecular weight excluding hydrogens is 266 g/mol. The normalized spacial score (nSPS) is 22.0. The van der Waals surface area contributed by atoms with Crippen LogP contribution >= 0.6 is 0 Å². The Morgan fingerprint density at radius 2 is 2.00 bits per heavy atom. The quantitative estimate of drug-likeness (QED) is 0.790. The highest BCUT2D eigenvalue weighted by atomic mass is 16.5. The summed E-state index contributed by atoms with van der Waals surface area (Å²) < 4.78 is 5.13. The molecule has 0 bridgehead atoms. The highest BCUT2D eigenvalue weighted by Crippen LogP contribution is 2.25. The van der Waals surface area contributed by atoms with E-state index in [2.05, 4.69) is 5.32 Å². The topological polar surface area (TPSA) is 58.6 Å². The summed E-state index contributed by atoms with van der Waals surface area (Å²) >= 11 is 0. The third-order valence-electron chi connectivity index (χ3n) is 4.09. The second-order valence-corrected chi connectivity index (χ2v) is 5.67. The molecule has 1 aliphatic rings. The van der Waals surface area contributed by atoms with Gasteiger partial charge in [0, 0.05) is 12.6 Å². The van der Waals surface area contributed by atoms with Gasteiger partial charge in [-0.25, -0.2) is 0 Å². The monoisotopic (exact) mass is 291 g/mol. The summed E-state index contributed by atoms with van der Waals surface area (Å²) in [5.74, 6) is 0.00395. The van der Waals surface area contributed by atoms with Gasteiger partial charge in [0.2, 0.25) is 0 Å². The first-order chi connectivity index (χ1) is 10.2. The fourth-order valence-corrected chi connectivity index (χ4v) is 2.87. The lowest BCUT2D eigenvalue weighted by Gasteiger charge is -2.28. The molecule has 0 spiro atoms. The van der Waals surface area contributed by atoms with E-state index in [1.165, 1.54) is 5.56 Å². The Balaban J connectivity index is 1.80. The maximum absolute atomic E-state index is 11.8. The number of hydrogen-bond donors (Lipinski definition) is 2. The molecule has 4 nitrogen and oxygen atoms in total. The van der Waals surface area contributed by atoms with E-state index < -0.39 is 0 Å². The fourth-order valence-electron chi connectivity index (χ4n) is 2.87. The molecule has 2 rings (SSSR count). The van der Waals surface area contributed by atoms with E-state index >= 15 is 0 Å². The van der Waals surface area contributed by atoms with E-state index in [-0.39, 0.29) is 18.5 Å². The number of rotatable bonds is 6. The number of aliphatic hydroxyl groups is 1. The summed E-state index contributed by atoms with van der Waals surface area (Å²) in [5.41, 5.74) is 2.13. The maximum Gasteiger partial charge on any atom is 0.308 e. The number of hydrogen-bond acceptors (Lipinski definition) is 4. The van der Waals surface area contributed by atoms with E-state index in [1.807, 2.05) is 31.2 Å². The molecular formula is C17H25NO3. The molecule has 1 fully saturated rings. The molecule has 1 aromatic carbocycles. The molecule has 0 saturated heterocycles. The van der Waals surface area contributed by atoms with Crippen LogP contribution in [-0.2, 0) is 22.7 Å². The number of benzene rings is 1. The molecule has 4 heteroatoms. The van der Waals surface area contributed by atoms with Gasteiger partial charge in [0.15, 0.2) is 0 Å². The molecule has 0 aliphatic heterocycles. The molecule has 0 aromatic heterocycles. The number of aliphatic hydroxyl groups excluding tert-OH is 1. The summed E-state index contributed by atoms with van der Waals surface area (Å²) in [6, 6.07) is 8.33. The zero-order valence-electron chi connectivity index (χ0n) is 12.7. The minimum atomic E-state index is -0.0451. The molecule has 116 valence electrons. The van der Waals surface area contributed by atoms with E-state index in [0.29, 0.717) is 12.6 Å². The van der Waals surface area contributed by atoms with Gasteiger partial charge >= 0.3 is 5.97 Å². The van der Waals surface area contributed by atoms with Gasteiger partial charge < -0.3 is 15.2 Å². The zero-order chi connectivity index (χ0) is 15.1. The van der Waals surface area contributed by atoms with Crippen molar-refractivity contribution in [2.75, 3.05) is 6.61 Å². The molecule has 1 aromatic rings. The predicted molar refractivity (Wildman–Crippen MR) is 81.6 cm³/mol. The van der Waals surface area contributed by atoms with Crippen LogP contribution < -0.4 is 5.32 Å². The first-order valence-electron chi connectivity index (χ1n) is 7.81. The number of carbonyl (C=O) groups is 1. The lowest BCUT2D eigenvalue weighted by Crippen LogP contribution is -2.36. The van der Waals surface area contributed by atoms with Crippen molar-refractivity contribution < 1.29 is 14.6 Å². The highest BCUT2D eigenvalue weighted by Gasteiger charge is 2.27. The summed E-state index contributed by atoms with van der Waals surface area (Å²) in [6.07, 6.45) is 4.00. The van der Waals surface area contributed by atoms with Crippen molar-refractivity contribution in [2.45, 2.75) is 51.8 Å². The Morgan fingerprint density at radius 3 is 2.67 bits per heavy atom. The summed E-state index contributed by atoms with van der Waals surface area (Å²) in [4.78, 5) is 11.8. The molecule has 2 unspecified atom stereocenters. The van der Waals surface area contributed by atoms with Crippen LogP contribution in [0.2, 0.25) is 0 Å². The first-order valence-corrected chi connectivity index (χ1v) is 7.81. The van der Waals surface area contributed by atoms with Gasteiger partial charge in [-0.05, 0) is 37.3 Å². The van der Waals surface area contributed by atoms with E-state index in [1.54, 1.807) is 0 Å². The van der Waals surface area contributed by atoms with Crippen LogP contribution in [-0.4, -0.2) is 23.7 Å². The van der Waals surface area contributed by atoms with Crippen molar-refractivity contribution in [3.05, 3.63) is 35.4 Å². The Morgan fingerprint density at radius 1 is 1.29 bits per heavy atom. The van der Waals surface area contributed by atoms with Gasteiger partial charge in [0.1, 0.15) is 0 Å². The second kappa shape index (κ2) is 8.15. The van der Waals surface area contributed by atoms with Crippen molar-refractivity contribution in [1.82, 2.24) is 5.32 Å². The zero-order valence-corrected chi connectivity index (χ0v) is 12.7. The molecule has 2 atom stereocenters. The lowest BCUT2D eigenvalue weighted by atomic mass is 9.85. The molecule has 0 heterocycles. The van der Waals surface area contributed by atoms with Crippen molar-refractivity contribution in [3.8, 4) is 0 Å². The van der Waals surface area contributed by atoms with Gasteiger partial charge in [-0.1, -0.05) is 30.7 Å². The Labute approximate surface area is 126 Å². The van der Waals surface area contributed by atoms with Gasteiger partial charge in [-0.15, -0.1) is 0 Å². The minimum absolute atomic E-state index is 0.0451. The smallest absolute Gasteiger partial charge is 0.308 e. The average Bonchev–Trinajstić information content (AvgIpc) is 2.54. The van der Waals surface area contributed by atoms with Gasteiger partial charge in [-0.3, -0.25) is 4.79 Å². The van der Waals surface area contributed by atoms with E-state index in [4.69, 9.17) is 9.84 Å². The second-order valence-electron chi connectivity index (χ2n) is 5.67. The highest BCUT2D eigenvalue weighted by molar-refractivity contribution is 5.72. The van der Waals surface area contributed by atoms with Crippen LogP contribution in [0.15, 0.2) is 24.3 Å². The van der Waals surface area contributed by atoms with E-state index in [9.17, 15) is 4.79 Å². The molecule has 0 amide bonds. The van der Waals surface area contributed by atoms with Crippen LogP contribution in [0.3, 0.4) is 0 Å². The SMILES string of the molecule is CCOC(=O)C1CCCC(NCc2ccc(CO)cc2)C1. The largest absolute Gasteiger partial charge is 0.466 e. The van der Waals surface area contributed by atoms with Crippen LogP contribution in [0.5, 0.6) is 0 Å². The summed E-state index contributed by atoms with van der Waals surface area (Å²) in [7, 11) is 0. The molecule has 1 aliphatic carbocycles. The average molecular weight is 291 g/mol. The number of nitrogens with one attached hydrogen (secondary N) is 1. The van der Waals surface area contributed by atoms with Crippen LogP contribution in [0.4, 0.5) is 0 Å². The maximum atomic E-state index is 11.8. The minimum Gasteiger partial charge on any atom is -0.466 e. The molecule has 2 N–H and O–H groups in total. The van der Waals surface area contributed by atoms with Gasteiger partial charge in [0.25, 0.3) is 0 Å². The van der Waals surface area contributed by atoms with Crippen molar-refractivity contribution in [1.29, 1.82) is 0 Å². The predicted octanol–water partition coefficient (Wildman–Crippen LogP) is 2.39. The fraction of sp³-hybridized carbons (Fsp3) is 0.588. The Hall–Kier alpha value is -1.39. The van der Waals surface area contributed by atoms with Crippen LogP contribution in [0.25, 0.3) is 0 Å². The number of esters is 1. The van der Waals surface area contributed by atoms with Crippen molar-refractivity contribution in [3.63, 3.8) is 0 Å². The first kappa shape index (κ1) is 16.0. The molecule has 0 radical (unpaired) electrons. The summed E-state index contributed by atoms with van der Waals surface area (Å²) in [5, 5.41) is 12.6. The van der Waals surface area contributed by atoms with Crippen molar-refractivity contribution in [2.24, 2.45) is 5.92 Å². The summed E-state index contributed by atoms with van der Waals surface area (Å²) in [6.45, 7) is 3.20. The molecule has 21 heavy (non-hydrogen) atoms. The Bertz CT molecular complexity index is 444. The van der Waals surface area contributed by atoms with Crippen LogP contribution in [0, 0.1) is 5.92 Å². The Kier molecular flexibility index (Phi) is 6.21. The molecule has 1 saturated carbocycles. The van der Waals surface area contributed by atoms with Gasteiger partial charge in [0.05, 0.1) is 19.1 Å². The van der Waals surface area contributed by atoms with Crippen LogP contribution in [0.1, 0.15) is 43.7 Å². The number of ether oxygens (including phenoxy) is 1. The van der Waals surface area contributed by atoms with Gasteiger partial charge in [-0.2, -0.15) is 0 Å². The third-order valence-corrected chi connectivity index (χ3v) is 4.09. The lowest BCUT2D eigenvalue weighted by molar-refractivity contribution is -0.149. The third kappa shape index (κ3) is 4.83. The van der Waals surface area contributed by atoms with Crippen molar-refractivity contribution >= 4 is 5.97 Å². The standard InChI is InChI=1S/C17H25NO3/c1-2-21-17(20)15-4-3-5-16(10-15)18-11-13-6-8-14(12-19)9-7-13/h6-9,15-16,18-19H,2-5,10-12H2,1H3. The number of carbonyl (C=O) groups excluding carboxylic acids is 1. The van der Waals surface area contributed by atoms with E-state index in [0.717, 1.165) is 37.8 Å².